The molecule has 1 aromatic heterocycles. The normalized spacial score (nSPS) is 18.5. The van der Waals surface area contributed by atoms with Crippen molar-refractivity contribution in [3.63, 3.8) is 0 Å². The highest BCUT2D eigenvalue weighted by molar-refractivity contribution is 5.96. The molecule has 0 spiro atoms. The standard InChI is InChI=1S/C13H17N3O5/c1-2-14-8-9(16(20)21)7-11(14)12(17)15-6-4-3-5-10(15)13(18)19/h7-8,10H,2-6H2,1H3,(H,18,19). The van der Waals surface area contributed by atoms with Crippen LogP contribution in [0.25, 0.3) is 0 Å². The van der Waals surface area contributed by atoms with Gasteiger partial charge in [0.15, 0.2) is 0 Å². The van der Waals surface area contributed by atoms with Crippen molar-refractivity contribution < 1.29 is 19.6 Å². The molecule has 1 aliphatic rings. The number of carboxylic acid groups (broad SMARTS) is 1. The van der Waals surface area contributed by atoms with Crippen molar-refractivity contribution in [3.8, 4) is 0 Å². The van der Waals surface area contributed by atoms with Crippen molar-refractivity contribution in [1.82, 2.24) is 9.47 Å². The van der Waals surface area contributed by atoms with Crippen molar-refractivity contribution in [2.75, 3.05) is 6.54 Å². The monoisotopic (exact) mass is 295 g/mol. The van der Waals surface area contributed by atoms with E-state index in [1.807, 2.05) is 0 Å². The lowest BCUT2D eigenvalue weighted by Crippen LogP contribution is -2.48. The van der Waals surface area contributed by atoms with Crippen LogP contribution in [-0.4, -0.2) is 44.0 Å². The van der Waals surface area contributed by atoms with Crippen LogP contribution < -0.4 is 0 Å². The van der Waals surface area contributed by atoms with Gasteiger partial charge in [0.05, 0.1) is 11.1 Å². The first-order valence-corrected chi connectivity index (χ1v) is 6.84. The van der Waals surface area contributed by atoms with Gasteiger partial charge in [0.25, 0.3) is 11.6 Å². The van der Waals surface area contributed by atoms with E-state index in [0.717, 1.165) is 12.8 Å². The van der Waals surface area contributed by atoms with Crippen LogP contribution in [0.3, 0.4) is 0 Å². The van der Waals surface area contributed by atoms with Gasteiger partial charge in [-0.15, -0.1) is 0 Å². The van der Waals surface area contributed by atoms with E-state index in [9.17, 15) is 24.8 Å². The number of aromatic nitrogens is 1. The first-order valence-electron chi connectivity index (χ1n) is 6.84. The van der Waals surface area contributed by atoms with Crippen LogP contribution in [0.1, 0.15) is 36.7 Å². The van der Waals surface area contributed by atoms with Crippen LogP contribution >= 0.6 is 0 Å². The Hall–Kier alpha value is -2.38. The molecule has 0 bridgehead atoms. The number of aliphatic carboxylic acids is 1. The van der Waals surface area contributed by atoms with Crippen LogP contribution in [0.4, 0.5) is 5.69 Å². The van der Waals surface area contributed by atoms with Gasteiger partial charge in [0.1, 0.15) is 11.7 Å². The largest absolute Gasteiger partial charge is 0.480 e. The molecule has 1 saturated heterocycles. The summed E-state index contributed by atoms with van der Waals surface area (Å²) < 4.78 is 1.48. The molecule has 0 saturated carbocycles. The van der Waals surface area contributed by atoms with Gasteiger partial charge in [-0.1, -0.05) is 0 Å². The van der Waals surface area contributed by atoms with E-state index in [4.69, 9.17) is 0 Å². The predicted octanol–water partition coefficient (Wildman–Crippen LogP) is 1.50. The Morgan fingerprint density at radius 2 is 2.19 bits per heavy atom. The Labute approximate surface area is 121 Å². The van der Waals surface area contributed by atoms with Gasteiger partial charge in [-0.25, -0.2) is 4.79 Å². The van der Waals surface area contributed by atoms with Crippen molar-refractivity contribution in [1.29, 1.82) is 0 Å². The summed E-state index contributed by atoms with van der Waals surface area (Å²) in [4.78, 5) is 35.4. The molecule has 2 heterocycles. The minimum Gasteiger partial charge on any atom is -0.480 e. The Kier molecular flexibility index (Phi) is 4.25. The fourth-order valence-electron chi connectivity index (χ4n) is 2.61. The highest BCUT2D eigenvalue weighted by atomic mass is 16.6. The molecule has 1 N–H and O–H groups in total. The molecule has 1 unspecified atom stereocenters. The van der Waals surface area contributed by atoms with Gasteiger partial charge >= 0.3 is 5.97 Å². The molecular weight excluding hydrogens is 278 g/mol. The lowest BCUT2D eigenvalue weighted by molar-refractivity contribution is -0.384. The molecule has 0 aromatic carbocycles. The van der Waals surface area contributed by atoms with E-state index in [0.29, 0.717) is 19.5 Å². The minimum atomic E-state index is -1.04. The Bertz CT molecular complexity index is 580. The molecule has 0 radical (unpaired) electrons. The molecule has 1 amide bonds. The van der Waals surface area contributed by atoms with Gasteiger partial charge in [-0.2, -0.15) is 0 Å². The number of hydrogen-bond donors (Lipinski definition) is 1. The van der Waals surface area contributed by atoms with E-state index in [-0.39, 0.29) is 11.4 Å². The molecule has 8 heteroatoms. The van der Waals surface area contributed by atoms with Crippen molar-refractivity contribution in [2.45, 2.75) is 38.8 Å². The third-order valence-corrected chi connectivity index (χ3v) is 3.70. The number of rotatable bonds is 4. The maximum atomic E-state index is 12.5. The summed E-state index contributed by atoms with van der Waals surface area (Å²) in [5.74, 6) is -1.50. The molecule has 114 valence electrons. The number of likely N-dealkylation sites (tertiary alicyclic amines) is 1. The van der Waals surface area contributed by atoms with Crippen LogP contribution in [0.5, 0.6) is 0 Å². The average Bonchev–Trinajstić information content (AvgIpc) is 2.90. The van der Waals surface area contributed by atoms with Gasteiger partial charge in [0, 0.05) is 19.2 Å². The Morgan fingerprint density at radius 1 is 1.48 bits per heavy atom. The molecule has 2 rings (SSSR count). The van der Waals surface area contributed by atoms with E-state index in [2.05, 4.69) is 0 Å². The van der Waals surface area contributed by atoms with Crippen LogP contribution in [0.2, 0.25) is 0 Å². The topological polar surface area (TPSA) is 106 Å². The SMILES string of the molecule is CCn1cc([N+](=O)[O-])cc1C(=O)N1CCCCC1C(=O)O. The number of aryl methyl sites for hydroxylation is 1. The summed E-state index contributed by atoms with van der Waals surface area (Å²) in [6, 6.07) is 0.352. The number of nitro groups is 1. The fourth-order valence-corrected chi connectivity index (χ4v) is 2.61. The number of carbonyl (C=O) groups is 2. The first kappa shape index (κ1) is 15.0. The summed E-state index contributed by atoms with van der Waals surface area (Å²) in [6.07, 6.45) is 3.21. The Morgan fingerprint density at radius 3 is 2.76 bits per heavy atom. The summed E-state index contributed by atoms with van der Waals surface area (Å²) >= 11 is 0. The fraction of sp³-hybridized carbons (Fsp3) is 0.538. The summed E-state index contributed by atoms with van der Waals surface area (Å²) in [7, 11) is 0. The average molecular weight is 295 g/mol. The van der Waals surface area contributed by atoms with Crippen molar-refractivity contribution in [2.24, 2.45) is 0 Å². The second-order valence-electron chi connectivity index (χ2n) is 4.98. The quantitative estimate of drug-likeness (QED) is 0.669. The van der Waals surface area contributed by atoms with E-state index >= 15 is 0 Å². The molecule has 21 heavy (non-hydrogen) atoms. The van der Waals surface area contributed by atoms with Gasteiger partial charge in [0.2, 0.25) is 0 Å². The maximum absolute atomic E-state index is 12.5. The van der Waals surface area contributed by atoms with Crippen molar-refractivity contribution in [3.05, 3.63) is 28.1 Å². The summed E-state index contributed by atoms with van der Waals surface area (Å²) in [6.45, 7) is 2.53. The zero-order valence-electron chi connectivity index (χ0n) is 11.7. The molecule has 1 aromatic rings. The summed E-state index contributed by atoms with van der Waals surface area (Å²) in [5, 5.41) is 20.0. The second-order valence-corrected chi connectivity index (χ2v) is 4.98. The maximum Gasteiger partial charge on any atom is 0.326 e. The molecule has 1 aliphatic heterocycles. The van der Waals surface area contributed by atoms with Gasteiger partial charge in [-0.3, -0.25) is 14.9 Å². The second kappa shape index (κ2) is 5.94. The zero-order valence-corrected chi connectivity index (χ0v) is 11.7. The van der Waals surface area contributed by atoms with E-state index < -0.39 is 22.8 Å². The minimum absolute atomic E-state index is 0.163. The van der Waals surface area contributed by atoms with E-state index in [1.54, 1.807) is 6.92 Å². The van der Waals surface area contributed by atoms with Crippen LogP contribution in [-0.2, 0) is 11.3 Å². The van der Waals surface area contributed by atoms with Crippen LogP contribution in [0.15, 0.2) is 12.3 Å². The first-order chi connectivity index (χ1) is 9.95. The molecular formula is C13H17N3O5. The Balaban J connectivity index is 2.33. The summed E-state index contributed by atoms with van der Waals surface area (Å²) in [5.41, 5.74) is 0.00133. The zero-order chi connectivity index (χ0) is 15.6. The van der Waals surface area contributed by atoms with E-state index in [1.165, 1.54) is 21.7 Å². The number of amides is 1. The highest BCUT2D eigenvalue weighted by Crippen LogP contribution is 2.23. The predicted molar refractivity (Wildman–Crippen MR) is 73.1 cm³/mol. The number of nitrogens with zero attached hydrogens (tertiary/aromatic N) is 3. The van der Waals surface area contributed by atoms with Gasteiger partial charge < -0.3 is 14.6 Å². The molecule has 8 nitrogen and oxygen atoms in total. The molecule has 0 aliphatic carbocycles. The number of piperidine rings is 1. The molecule has 1 atom stereocenters. The number of hydrogen-bond acceptors (Lipinski definition) is 4. The molecule has 1 fully saturated rings. The number of carboxylic acids is 1. The lowest BCUT2D eigenvalue weighted by Gasteiger charge is -2.33. The highest BCUT2D eigenvalue weighted by Gasteiger charge is 2.34. The smallest absolute Gasteiger partial charge is 0.326 e. The third-order valence-electron chi connectivity index (χ3n) is 3.70. The number of carbonyl (C=O) groups excluding carboxylic acids is 1. The van der Waals surface area contributed by atoms with Crippen LogP contribution in [0, 0.1) is 10.1 Å². The van der Waals surface area contributed by atoms with Gasteiger partial charge in [-0.05, 0) is 26.2 Å². The van der Waals surface area contributed by atoms with Crippen molar-refractivity contribution >= 4 is 17.6 Å². The lowest BCUT2D eigenvalue weighted by atomic mass is 10.0. The third kappa shape index (κ3) is 2.88.